The molecule has 0 aliphatic carbocycles. The van der Waals surface area contributed by atoms with Crippen molar-refractivity contribution in [2.45, 2.75) is 32.8 Å². The standard InChI is InChI=1S/C9H15O4P/c1-3-5-7-9(8-6-4-2)13-14(10,11)12/h3,5,9H,4,7H2,1-2H3,(H2,10,11,12). The van der Waals surface area contributed by atoms with Crippen molar-refractivity contribution in [3.63, 3.8) is 0 Å². The molecule has 0 aliphatic heterocycles. The molecule has 0 aromatic carbocycles. The van der Waals surface area contributed by atoms with E-state index in [1.807, 2.05) is 13.8 Å². The van der Waals surface area contributed by atoms with Crippen LogP contribution in [-0.2, 0) is 9.09 Å². The average molecular weight is 218 g/mol. The molecule has 0 amide bonds. The summed E-state index contributed by atoms with van der Waals surface area (Å²) in [5, 5.41) is 0. The molecule has 4 nitrogen and oxygen atoms in total. The molecule has 0 spiro atoms. The summed E-state index contributed by atoms with van der Waals surface area (Å²) >= 11 is 0. The van der Waals surface area contributed by atoms with Crippen molar-refractivity contribution >= 4 is 7.82 Å². The van der Waals surface area contributed by atoms with Crippen LogP contribution in [0.2, 0.25) is 0 Å². The molecule has 0 radical (unpaired) electrons. The second kappa shape index (κ2) is 6.80. The van der Waals surface area contributed by atoms with E-state index in [0.717, 1.165) is 0 Å². The Hall–Kier alpha value is -0.590. The van der Waals surface area contributed by atoms with Crippen LogP contribution in [0.25, 0.3) is 0 Å². The summed E-state index contributed by atoms with van der Waals surface area (Å²) in [4.78, 5) is 17.2. The summed E-state index contributed by atoms with van der Waals surface area (Å²) in [7, 11) is -4.44. The summed E-state index contributed by atoms with van der Waals surface area (Å²) in [5.41, 5.74) is 0. The lowest BCUT2D eigenvalue weighted by atomic mass is 10.2. The molecule has 0 saturated heterocycles. The Balaban J connectivity index is 4.32. The maximum atomic E-state index is 10.5. The van der Waals surface area contributed by atoms with Gasteiger partial charge in [0.2, 0.25) is 0 Å². The highest BCUT2D eigenvalue weighted by atomic mass is 31.2. The predicted octanol–water partition coefficient (Wildman–Crippen LogP) is 1.84. The lowest BCUT2D eigenvalue weighted by Crippen LogP contribution is -2.07. The van der Waals surface area contributed by atoms with Crippen molar-refractivity contribution < 1.29 is 18.9 Å². The average Bonchev–Trinajstić information content (AvgIpc) is 2.07. The van der Waals surface area contributed by atoms with Gasteiger partial charge in [-0.05, 0) is 6.92 Å². The zero-order chi connectivity index (χ0) is 11.0. The molecule has 0 heterocycles. The molecule has 0 saturated carbocycles. The number of allylic oxidation sites excluding steroid dienone is 1. The van der Waals surface area contributed by atoms with Crippen LogP contribution in [0.1, 0.15) is 26.7 Å². The Morgan fingerprint density at radius 1 is 1.57 bits per heavy atom. The monoisotopic (exact) mass is 218 g/mol. The third-order valence-electron chi connectivity index (χ3n) is 1.29. The Labute approximate surface area is 84.2 Å². The van der Waals surface area contributed by atoms with Gasteiger partial charge >= 0.3 is 7.82 Å². The Kier molecular flexibility index (Phi) is 6.52. The van der Waals surface area contributed by atoms with E-state index in [1.54, 1.807) is 12.2 Å². The number of rotatable bonds is 4. The van der Waals surface area contributed by atoms with Crippen molar-refractivity contribution in [1.82, 2.24) is 0 Å². The lowest BCUT2D eigenvalue weighted by molar-refractivity contribution is 0.167. The van der Waals surface area contributed by atoms with Crippen LogP contribution >= 0.6 is 7.82 Å². The Morgan fingerprint density at radius 3 is 2.64 bits per heavy atom. The van der Waals surface area contributed by atoms with Gasteiger partial charge in [0.25, 0.3) is 0 Å². The summed E-state index contributed by atoms with van der Waals surface area (Å²) in [6.45, 7) is 3.68. The first-order valence-corrected chi connectivity index (χ1v) is 5.86. The van der Waals surface area contributed by atoms with Crippen molar-refractivity contribution in [3.8, 4) is 11.8 Å². The number of hydrogen-bond acceptors (Lipinski definition) is 2. The second-order valence-corrected chi connectivity index (χ2v) is 3.76. The fourth-order valence-electron chi connectivity index (χ4n) is 0.770. The maximum Gasteiger partial charge on any atom is 0.470 e. The van der Waals surface area contributed by atoms with Crippen molar-refractivity contribution in [1.29, 1.82) is 0 Å². The molecule has 5 heteroatoms. The number of phosphoric acid groups is 1. The van der Waals surface area contributed by atoms with E-state index in [0.29, 0.717) is 12.8 Å². The third-order valence-corrected chi connectivity index (χ3v) is 1.82. The molecule has 14 heavy (non-hydrogen) atoms. The van der Waals surface area contributed by atoms with Crippen LogP contribution in [0.4, 0.5) is 0 Å². The minimum atomic E-state index is -4.44. The molecule has 1 atom stereocenters. The van der Waals surface area contributed by atoms with E-state index < -0.39 is 13.9 Å². The van der Waals surface area contributed by atoms with E-state index in [4.69, 9.17) is 9.79 Å². The molecule has 2 N–H and O–H groups in total. The number of hydrogen-bond donors (Lipinski definition) is 2. The maximum absolute atomic E-state index is 10.5. The zero-order valence-electron chi connectivity index (χ0n) is 8.30. The summed E-state index contributed by atoms with van der Waals surface area (Å²) in [6.07, 6.45) is 3.83. The van der Waals surface area contributed by atoms with Crippen molar-refractivity contribution in [2.75, 3.05) is 0 Å². The fraction of sp³-hybridized carbons (Fsp3) is 0.556. The van der Waals surface area contributed by atoms with Crippen LogP contribution in [0.5, 0.6) is 0 Å². The molecule has 0 aromatic heterocycles. The minimum Gasteiger partial charge on any atom is -0.303 e. The smallest absolute Gasteiger partial charge is 0.303 e. The van der Waals surface area contributed by atoms with Gasteiger partial charge in [-0.1, -0.05) is 25.0 Å². The van der Waals surface area contributed by atoms with Gasteiger partial charge in [0.15, 0.2) is 0 Å². The van der Waals surface area contributed by atoms with Gasteiger partial charge in [-0.25, -0.2) is 4.57 Å². The van der Waals surface area contributed by atoms with Gasteiger partial charge in [-0.15, -0.1) is 5.92 Å². The highest BCUT2D eigenvalue weighted by Crippen LogP contribution is 2.38. The second-order valence-electron chi connectivity index (χ2n) is 2.56. The zero-order valence-corrected chi connectivity index (χ0v) is 9.20. The molecule has 1 unspecified atom stereocenters. The van der Waals surface area contributed by atoms with Crippen LogP contribution in [0.15, 0.2) is 12.2 Å². The Morgan fingerprint density at radius 2 is 2.21 bits per heavy atom. The SMILES string of the molecule is CC=CCC(C#CCC)OP(=O)(O)O. The molecular weight excluding hydrogens is 203 g/mol. The lowest BCUT2D eigenvalue weighted by Gasteiger charge is -2.10. The predicted molar refractivity (Wildman–Crippen MR) is 54.4 cm³/mol. The first-order valence-electron chi connectivity index (χ1n) is 4.33. The first-order chi connectivity index (χ1) is 6.49. The largest absolute Gasteiger partial charge is 0.470 e. The number of phosphoric ester groups is 1. The molecule has 0 aliphatic rings. The topological polar surface area (TPSA) is 66.8 Å². The minimum absolute atomic E-state index is 0.384. The van der Waals surface area contributed by atoms with Gasteiger partial charge in [-0.3, -0.25) is 4.52 Å². The first kappa shape index (κ1) is 13.4. The van der Waals surface area contributed by atoms with Gasteiger partial charge in [0.1, 0.15) is 6.10 Å². The van der Waals surface area contributed by atoms with Crippen LogP contribution in [0, 0.1) is 11.8 Å². The van der Waals surface area contributed by atoms with Crippen molar-refractivity contribution in [3.05, 3.63) is 12.2 Å². The molecule has 0 fully saturated rings. The molecular formula is C9H15O4P. The summed E-state index contributed by atoms with van der Waals surface area (Å²) in [5.74, 6) is 5.37. The van der Waals surface area contributed by atoms with E-state index in [1.165, 1.54) is 0 Å². The summed E-state index contributed by atoms with van der Waals surface area (Å²) < 4.78 is 15.0. The van der Waals surface area contributed by atoms with Gasteiger partial charge < -0.3 is 9.79 Å². The molecule has 0 bridgehead atoms. The van der Waals surface area contributed by atoms with Crippen LogP contribution in [-0.4, -0.2) is 15.9 Å². The molecule has 80 valence electrons. The van der Waals surface area contributed by atoms with Gasteiger partial charge in [0.05, 0.1) is 0 Å². The quantitative estimate of drug-likeness (QED) is 0.429. The summed E-state index contributed by atoms with van der Waals surface area (Å²) in [6, 6.07) is 0. The van der Waals surface area contributed by atoms with Crippen molar-refractivity contribution in [2.24, 2.45) is 0 Å². The third kappa shape index (κ3) is 8.03. The normalized spacial score (nSPS) is 13.7. The van der Waals surface area contributed by atoms with E-state index in [-0.39, 0.29) is 0 Å². The van der Waals surface area contributed by atoms with Crippen LogP contribution in [0.3, 0.4) is 0 Å². The van der Waals surface area contributed by atoms with Gasteiger partial charge in [0, 0.05) is 12.8 Å². The van der Waals surface area contributed by atoms with E-state index >= 15 is 0 Å². The van der Waals surface area contributed by atoms with E-state index in [9.17, 15) is 4.57 Å². The van der Waals surface area contributed by atoms with Crippen LogP contribution < -0.4 is 0 Å². The highest BCUT2D eigenvalue weighted by Gasteiger charge is 2.19. The van der Waals surface area contributed by atoms with E-state index in [2.05, 4.69) is 16.4 Å². The highest BCUT2D eigenvalue weighted by molar-refractivity contribution is 7.46. The van der Waals surface area contributed by atoms with Gasteiger partial charge in [-0.2, -0.15) is 0 Å². The Bertz CT molecular complexity index is 281. The molecule has 0 rings (SSSR count). The fourth-order valence-corrected chi connectivity index (χ4v) is 1.24. The molecule has 0 aromatic rings.